The molecule has 1 rings (SSSR count). The van der Waals surface area contributed by atoms with E-state index >= 15 is 0 Å². The number of ether oxygens (including phenoxy) is 1. The number of carboxylic acid groups (broad SMARTS) is 1. The average Bonchev–Trinajstić information content (AvgIpc) is 2.14. The number of carboxylic acids is 1. The molecule has 1 aromatic rings. The van der Waals surface area contributed by atoms with Gasteiger partial charge >= 0.3 is 12.1 Å². The highest BCUT2D eigenvalue weighted by atomic mass is 16.6. The number of aromatic nitrogens is 2. The van der Waals surface area contributed by atoms with E-state index < -0.39 is 17.7 Å². The van der Waals surface area contributed by atoms with Gasteiger partial charge in [0.1, 0.15) is 17.5 Å². The molecule has 2 N–H and O–H groups in total. The highest BCUT2D eigenvalue weighted by Gasteiger charge is 2.19. The Kier molecular flexibility index (Phi) is 3.62. The predicted molar refractivity (Wildman–Crippen MR) is 58.8 cm³/mol. The standard InChI is InChI=1S/C10H13N3O4/c1-10(2,3)17-9(16)13-7-6(8(14)15)4-11-5-12-7/h4-5H,1-3H3,(H,14,15)(H,11,12,13,16). The number of rotatable bonds is 2. The molecule has 0 atom stereocenters. The van der Waals surface area contributed by atoms with Gasteiger partial charge in [-0.2, -0.15) is 0 Å². The van der Waals surface area contributed by atoms with E-state index in [-0.39, 0.29) is 11.4 Å². The van der Waals surface area contributed by atoms with Gasteiger partial charge in [-0.05, 0) is 20.8 Å². The van der Waals surface area contributed by atoms with Gasteiger partial charge in [0, 0.05) is 6.20 Å². The predicted octanol–water partition coefficient (Wildman–Crippen LogP) is 1.52. The Balaban J connectivity index is 2.82. The Morgan fingerprint density at radius 2 is 2.06 bits per heavy atom. The Bertz CT molecular complexity index is 439. The molecule has 0 aliphatic heterocycles. The molecule has 0 aliphatic carbocycles. The van der Waals surface area contributed by atoms with Crippen LogP contribution in [0.1, 0.15) is 31.1 Å². The van der Waals surface area contributed by atoms with Crippen LogP contribution in [-0.2, 0) is 4.74 Å². The van der Waals surface area contributed by atoms with Gasteiger partial charge in [0.25, 0.3) is 0 Å². The molecular weight excluding hydrogens is 226 g/mol. The van der Waals surface area contributed by atoms with Crippen molar-refractivity contribution >= 4 is 17.9 Å². The van der Waals surface area contributed by atoms with Crippen LogP contribution in [0.4, 0.5) is 10.6 Å². The number of nitrogens with zero attached hydrogens (tertiary/aromatic N) is 2. The lowest BCUT2D eigenvalue weighted by Crippen LogP contribution is -2.28. The second-order valence-corrected chi connectivity index (χ2v) is 4.22. The lowest BCUT2D eigenvalue weighted by Gasteiger charge is -2.19. The number of amides is 1. The third-order valence-corrected chi connectivity index (χ3v) is 1.56. The molecule has 1 amide bonds. The van der Waals surface area contributed by atoms with Crippen LogP contribution in [0.2, 0.25) is 0 Å². The maximum Gasteiger partial charge on any atom is 0.413 e. The quantitative estimate of drug-likeness (QED) is 0.811. The molecule has 7 nitrogen and oxygen atoms in total. The molecule has 1 aromatic heterocycles. The molecule has 0 fully saturated rings. The molecule has 0 bridgehead atoms. The summed E-state index contributed by atoms with van der Waals surface area (Å²) in [5.41, 5.74) is -0.862. The zero-order chi connectivity index (χ0) is 13.1. The number of aromatic carboxylic acids is 1. The fourth-order valence-corrected chi connectivity index (χ4v) is 0.986. The van der Waals surface area contributed by atoms with Crippen molar-refractivity contribution < 1.29 is 19.4 Å². The minimum Gasteiger partial charge on any atom is -0.477 e. The maximum atomic E-state index is 11.4. The molecule has 92 valence electrons. The van der Waals surface area contributed by atoms with Crippen LogP contribution < -0.4 is 5.32 Å². The lowest BCUT2D eigenvalue weighted by molar-refractivity contribution is 0.0635. The first kappa shape index (κ1) is 12.9. The third-order valence-electron chi connectivity index (χ3n) is 1.56. The van der Waals surface area contributed by atoms with E-state index in [2.05, 4.69) is 15.3 Å². The Morgan fingerprint density at radius 1 is 1.41 bits per heavy atom. The molecule has 7 heteroatoms. The van der Waals surface area contributed by atoms with E-state index in [0.717, 1.165) is 12.5 Å². The Morgan fingerprint density at radius 3 is 2.59 bits per heavy atom. The van der Waals surface area contributed by atoms with Crippen LogP contribution in [0, 0.1) is 0 Å². The summed E-state index contributed by atoms with van der Waals surface area (Å²) in [4.78, 5) is 29.5. The van der Waals surface area contributed by atoms with Gasteiger partial charge in [-0.15, -0.1) is 0 Å². The molecule has 0 spiro atoms. The zero-order valence-corrected chi connectivity index (χ0v) is 9.72. The molecule has 0 unspecified atom stereocenters. The molecule has 0 aliphatic rings. The summed E-state index contributed by atoms with van der Waals surface area (Å²) in [5, 5.41) is 11.1. The largest absolute Gasteiger partial charge is 0.477 e. The van der Waals surface area contributed by atoms with Crippen molar-refractivity contribution in [2.75, 3.05) is 5.32 Å². The normalized spacial score (nSPS) is 10.8. The number of hydrogen-bond donors (Lipinski definition) is 2. The van der Waals surface area contributed by atoms with Crippen LogP contribution in [0.5, 0.6) is 0 Å². The van der Waals surface area contributed by atoms with Crippen molar-refractivity contribution in [3.63, 3.8) is 0 Å². The van der Waals surface area contributed by atoms with E-state index in [1.165, 1.54) is 0 Å². The molecule has 0 radical (unpaired) electrons. The van der Waals surface area contributed by atoms with Gasteiger partial charge in [-0.25, -0.2) is 19.6 Å². The summed E-state index contributed by atoms with van der Waals surface area (Å²) in [6.45, 7) is 5.10. The van der Waals surface area contributed by atoms with Gasteiger partial charge in [-0.1, -0.05) is 0 Å². The molecule has 17 heavy (non-hydrogen) atoms. The number of anilines is 1. The summed E-state index contributed by atoms with van der Waals surface area (Å²) >= 11 is 0. The average molecular weight is 239 g/mol. The van der Waals surface area contributed by atoms with Crippen molar-refractivity contribution in [1.82, 2.24) is 9.97 Å². The fourth-order valence-electron chi connectivity index (χ4n) is 0.986. The SMILES string of the molecule is CC(C)(C)OC(=O)Nc1ncncc1C(=O)O. The first-order valence-corrected chi connectivity index (χ1v) is 4.83. The maximum absolute atomic E-state index is 11.4. The topological polar surface area (TPSA) is 101 Å². The van der Waals surface area contributed by atoms with Gasteiger partial charge in [-0.3, -0.25) is 5.32 Å². The first-order chi connectivity index (χ1) is 7.79. The van der Waals surface area contributed by atoms with Crippen LogP contribution in [0.25, 0.3) is 0 Å². The second-order valence-electron chi connectivity index (χ2n) is 4.22. The van der Waals surface area contributed by atoms with E-state index in [1.54, 1.807) is 20.8 Å². The first-order valence-electron chi connectivity index (χ1n) is 4.83. The van der Waals surface area contributed by atoms with Crippen LogP contribution in [-0.4, -0.2) is 32.7 Å². The van der Waals surface area contributed by atoms with Crippen molar-refractivity contribution in [3.05, 3.63) is 18.1 Å². The molecule has 0 saturated carbocycles. The lowest BCUT2D eigenvalue weighted by atomic mass is 10.2. The molecule has 0 saturated heterocycles. The fraction of sp³-hybridized carbons (Fsp3) is 0.400. The minimum absolute atomic E-state index is 0.0956. The van der Waals surface area contributed by atoms with Gasteiger partial charge in [0.05, 0.1) is 0 Å². The molecule has 1 heterocycles. The Hall–Kier alpha value is -2.18. The van der Waals surface area contributed by atoms with Crippen molar-refractivity contribution in [1.29, 1.82) is 0 Å². The van der Waals surface area contributed by atoms with Gasteiger partial charge < -0.3 is 9.84 Å². The smallest absolute Gasteiger partial charge is 0.413 e. The summed E-state index contributed by atoms with van der Waals surface area (Å²) in [5.74, 6) is -1.32. The number of nitrogens with one attached hydrogen (secondary N) is 1. The van der Waals surface area contributed by atoms with Crippen LogP contribution in [0.3, 0.4) is 0 Å². The molecular formula is C10H13N3O4. The second kappa shape index (κ2) is 4.77. The summed E-state index contributed by atoms with van der Waals surface area (Å²) < 4.78 is 4.97. The van der Waals surface area contributed by atoms with Crippen LogP contribution in [0.15, 0.2) is 12.5 Å². The number of hydrogen-bond acceptors (Lipinski definition) is 5. The zero-order valence-electron chi connectivity index (χ0n) is 9.72. The number of carbonyl (C=O) groups is 2. The Labute approximate surface area is 97.8 Å². The van der Waals surface area contributed by atoms with Gasteiger partial charge in [0.2, 0.25) is 0 Å². The highest BCUT2D eigenvalue weighted by molar-refractivity contribution is 5.96. The van der Waals surface area contributed by atoms with Crippen molar-refractivity contribution in [2.45, 2.75) is 26.4 Å². The highest BCUT2D eigenvalue weighted by Crippen LogP contribution is 2.13. The number of carbonyl (C=O) groups excluding carboxylic acids is 1. The van der Waals surface area contributed by atoms with Crippen molar-refractivity contribution in [3.8, 4) is 0 Å². The summed E-state index contributed by atoms with van der Waals surface area (Å²) in [6.07, 6.45) is 1.47. The minimum atomic E-state index is -1.23. The van der Waals surface area contributed by atoms with E-state index in [1.807, 2.05) is 0 Å². The monoisotopic (exact) mass is 239 g/mol. The third kappa shape index (κ3) is 4.06. The van der Waals surface area contributed by atoms with E-state index in [4.69, 9.17) is 9.84 Å². The van der Waals surface area contributed by atoms with Crippen molar-refractivity contribution in [2.24, 2.45) is 0 Å². The van der Waals surface area contributed by atoms with E-state index in [9.17, 15) is 9.59 Å². The summed E-state index contributed by atoms with van der Waals surface area (Å²) in [6, 6.07) is 0. The summed E-state index contributed by atoms with van der Waals surface area (Å²) in [7, 11) is 0. The van der Waals surface area contributed by atoms with E-state index in [0.29, 0.717) is 0 Å². The molecule has 0 aromatic carbocycles. The van der Waals surface area contributed by atoms with Crippen LogP contribution >= 0.6 is 0 Å². The van der Waals surface area contributed by atoms with Gasteiger partial charge in [0.15, 0.2) is 5.82 Å².